The molecule has 25 heavy (non-hydrogen) atoms. The number of nitrogens with zero attached hydrogens (tertiary/aromatic N) is 1. The Morgan fingerprint density at radius 2 is 1.76 bits per heavy atom. The van der Waals surface area contributed by atoms with Crippen molar-refractivity contribution >= 4 is 11.6 Å². The minimum absolute atomic E-state index is 0.593. The molecule has 0 bridgehead atoms. The summed E-state index contributed by atoms with van der Waals surface area (Å²) in [7, 11) is 0. The smallest absolute Gasteiger partial charge is 0.119 e. The fourth-order valence-corrected chi connectivity index (χ4v) is 2.79. The molecule has 0 aliphatic rings. The third kappa shape index (κ3) is 5.10. The third-order valence-corrected chi connectivity index (χ3v) is 4.22. The average Bonchev–Trinajstić information content (AvgIpc) is 3.05. The van der Waals surface area contributed by atoms with Gasteiger partial charge in [0.2, 0.25) is 0 Å². The number of imidazole rings is 1. The fourth-order valence-electron chi connectivity index (χ4n) is 2.67. The quantitative estimate of drug-likeness (QED) is 0.604. The summed E-state index contributed by atoms with van der Waals surface area (Å²) in [5, 5.41) is 0.760. The van der Waals surface area contributed by atoms with Gasteiger partial charge in [-0.2, -0.15) is 0 Å². The van der Waals surface area contributed by atoms with Gasteiger partial charge in [-0.1, -0.05) is 37.6 Å². The number of nitrogens with one attached hydrogen (secondary N) is 1. The van der Waals surface area contributed by atoms with Crippen LogP contribution in [0.2, 0.25) is 5.02 Å². The molecule has 0 spiro atoms. The molecule has 3 nitrogen and oxygen atoms in total. The summed E-state index contributed by atoms with van der Waals surface area (Å²) in [6, 6.07) is 16.0. The van der Waals surface area contributed by atoms with Gasteiger partial charge in [-0.15, -0.1) is 0 Å². The predicted octanol–water partition coefficient (Wildman–Crippen LogP) is 5.55. The molecule has 3 aromatic rings. The Morgan fingerprint density at radius 1 is 1.04 bits per heavy atom. The number of halogens is 1. The van der Waals surface area contributed by atoms with Crippen LogP contribution in [0.5, 0.6) is 5.75 Å². The molecule has 0 saturated heterocycles. The second kappa shape index (κ2) is 8.21. The number of aromatic nitrogens is 2. The van der Waals surface area contributed by atoms with Gasteiger partial charge in [-0.3, -0.25) is 0 Å². The molecule has 1 aromatic heterocycles. The van der Waals surface area contributed by atoms with Crippen molar-refractivity contribution in [3.05, 3.63) is 71.1 Å². The molecule has 130 valence electrons. The van der Waals surface area contributed by atoms with Crippen molar-refractivity contribution in [2.24, 2.45) is 5.92 Å². The monoisotopic (exact) mass is 354 g/mol. The summed E-state index contributed by atoms with van der Waals surface area (Å²) >= 11 is 5.89. The molecule has 1 N–H and O–H groups in total. The van der Waals surface area contributed by atoms with Crippen LogP contribution in [0.15, 0.2) is 54.7 Å². The fraction of sp³-hybridized carbons (Fsp3) is 0.286. The molecule has 0 aliphatic carbocycles. The molecule has 0 fully saturated rings. The highest BCUT2D eigenvalue weighted by atomic mass is 35.5. The van der Waals surface area contributed by atoms with E-state index in [1.54, 1.807) is 0 Å². The zero-order chi connectivity index (χ0) is 17.6. The van der Waals surface area contributed by atoms with Gasteiger partial charge in [0.05, 0.1) is 18.5 Å². The average molecular weight is 355 g/mol. The highest BCUT2D eigenvalue weighted by Crippen LogP contribution is 2.21. The highest BCUT2D eigenvalue weighted by Gasteiger charge is 2.05. The van der Waals surface area contributed by atoms with Crippen molar-refractivity contribution in [1.82, 2.24) is 9.97 Å². The maximum Gasteiger partial charge on any atom is 0.119 e. The van der Waals surface area contributed by atoms with Crippen molar-refractivity contribution < 1.29 is 4.74 Å². The van der Waals surface area contributed by atoms with Gasteiger partial charge in [0.15, 0.2) is 0 Å². The lowest BCUT2D eigenvalue weighted by atomic mass is 10.1. The van der Waals surface area contributed by atoms with Crippen LogP contribution in [0, 0.1) is 5.92 Å². The van der Waals surface area contributed by atoms with Crippen LogP contribution in [0.1, 0.15) is 25.2 Å². The summed E-state index contributed by atoms with van der Waals surface area (Å²) in [6.45, 7) is 5.03. The molecular formula is C21H23ClN2O. The van der Waals surface area contributed by atoms with Crippen molar-refractivity contribution in [2.45, 2.75) is 26.7 Å². The SMILES string of the molecule is CC(C)Cc1ncc(-c2ccc(OCCc3ccc(Cl)cc3)cc2)[nH]1. The molecule has 0 atom stereocenters. The summed E-state index contributed by atoms with van der Waals surface area (Å²) in [4.78, 5) is 7.84. The second-order valence-electron chi connectivity index (χ2n) is 6.59. The zero-order valence-electron chi connectivity index (χ0n) is 14.6. The van der Waals surface area contributed by atoms with Crippen LogP contribution in [-0.4, -0.2) is 16.6 Å². The Bertz CT molecular complexity index is 792. The maximum absolute atomic E-state index is 5.89. The van der Waals surface area contributed by atoms with Gasteiger partial charge in [0.1, 0.15) is 11.6 Å². The molecule has 0 saturated carbocycles. The minimum atomic E-state index is 0.593. The standard InChI is InChI=1S/C21H23ClN2O/c1-15(2)13-21-23-14-20(24-21)17-5-9-19(10-6-17)25-12-11-16-3-7-18(22)8-4-16/h3-10,14-15H,11-13H2,1-2H3,(H,23,24). The lowest BCUT2D eigenvalue weighted by Gasteiger charge is -2.07. The van der Waals surface area contributed by atoms with E-state index >= 15 is 0 Å². The van der Waals surface area contributed by atoms with Crippen LogP contribution in [0.25, 0.3) is 11.3 Å². The number of H-pyrrole nitrogens is 1. The number of hydrogen-bond donors (Lipinski definition) is 1. The van der Waals surface area contributed by atoms with Gasteiger partial charge in [-0.05, 0) is 53.4 Å². The molecular weight excluding hydrogens is 332 g/mol. The first kappa shape index (κ1) is 17.6. The van der Waals surface area contributed by atoms with E-state index in [1.807, 2.05) is 42.6 Å². The molecule has 0 amide bonds. The second-order valence-corrected chi connectivity index (χ2v) is 7.03. The highest BCUT2D eigenvalue weighted by molar-refractivity contribution is 6.30. The topological polar surface area (TPSA) is 37.9 Å². The van der Waals surface area contributed by atoms with Crippen LogP contribution in [-0.2, 0) is 12.8 Å². The van der Waals surface area contributed by atoms with E-state index in [0.29, 0.717) is 12.5 Å². The Balaban J connectivity index is 1.55. The number of ether oxygens (including phenoxy) is 1. The lowest BCUT2D eigenvalue weighted by molar-refractivity contribution is 0.322. The van der Waals surface area contributed by atoms with E-state index in [4.69, 9.17) is 16.3 Å². The van der Waals surface area contributed by atoms with Gasteiger partial charge < -0.3 is 9.72 Å². The lowest BCUT2D eigenvalue weighted by Crippen LogP contribution is -2.01. The van der Waals surface area contributed by atoms with Crippen molar-refractivity contribution in [2.75, 3.05) is 6.61 Å². The summed E-state index contributed by atoms with van der Waals surface area (Å²) < 4.78 is 5.83. The summed E-state index contributed by atoms with van der Waals surface area (Å²) in [5.74, 6) is 2.50. The molecule has 0 radical (unpaired) electrons. The third-order valence-electron chi connectivity index (χ3n) is 3.97. The van der Waals surface area contributed by atoms with Gasteiger partial charge in [0, 0.05) is 17.9 Å². The Kier molecular flexibility index (Phi) is 5.77. The maximum atomic E-state index is 5.89. The van der Waals surface area contributed by atoms with Crippen LogP contribution < -0.4 is 4.74 Å². The van der Waals surface area contributed by atoms with Crippen molar-refractivity contribution in [1.29, 1.82) is 0 Å². The van der Waals surface area contributed by atoms with E-state index in [-0.39, 0.29) is 0 Å². The van der Waals surface area contributed by atoms with Gasteiger partial charge in [0.25, 0.3) is 0 Å². The van der Waals surface area contributed by atoms with E-state index in [0.717, 1.165) is 40.7 Å². The minimum Gasteiger partial charge on any atom is -0.493 e. The first-order valence-electron chi connectivity index (χ1n) is 8.62. The van der Waals surface area contributed by atoms with Gasteiger partial charge in [-0.25, -0.2) is 4.98 Å². The first-order valence-corrected chi connectivity index (χ1v) is 8.99. The largest absolute Gasteiger partial charge is 0.493 e. The van der Waals surface area contributed by atoms with E-state index in [1.165, 1.54) is 5.56 Å². The number of aromatic amines is 1. The van der Waals surface area contributed by atoms with Crippen molar-refractivity contribution in [3.8, 4) is 17.0 Å². The Hall–Kier alpha value is -2.26. The summed E-state index contributed by atoms with van der Waals surface area (Å²) in [6.07, 6.45) is 3.72. The number of hydrogen-bond acceptors (Lipinski definition) is 2. The molecule has 2 aromatic carbocycles. The Labute approximate surface area is 154 Å². The molecule has 0 aliphatic heterocycles. The van der Waals surface area contributed by atoms with Crippen LogP contribution in [0.4, 0.5) is 0 Å². The summed E-state index contributed by atoms with van der Waals surface area (Å²) in [5.41, 5.74) is 3.38. The first-order chi connectivity index (χ1) is 12.1. The van der Waals surface area contributed by atoms with Crippen molar-refractivity contribution in [3.63, 3.8) is 0 Å². The number of rotatable bonds is 7. The van der Waals surface area contributed by atoms with E-state index in [9.17, 15) is 0 Å². The molecule has 0 unspecified atom stereocenters. The molecule has 3 rings (SSSR count). The normalized spacial score (nSPS) is 11.0. The molecule has 1 heterocycles. The molecule has 4 heteroatoms. The van der Waals surface area contributed by atoms with Gasteiger partial charge >= 0.3 is 0 Å². The van der Waals surface area contributed by atoms with E-state index < -0.39 is 0 Å². The van der Waals surface area contributed by atoms with Crippen LogP contribution >= 0.6 is 11.6 Å². The zero-order valence-corrected chi connectivity index (χ0v) is 15.4. The Morgan fingerprint density at radius 3 is 2.44 bits per heavy atom. The van der Waals surface area contributed by atoms with Crippen LogP contribution in [0.3, 0.4) is 0 Å². The van der Waals surface area contributed by atoms with E-state index in [2.05, 4.69) is 35.9 Å². The predicted molar refractivity (Wildman–Crippen MR) is 103 cm³/mol. The number of benzene rings is 2.